The zero-order valence-electron chi connectivity index (χ0n) is 9.81. The van der Waals surface area contributed by atoms with Crippen molar-refractivity contribution in [3.8, 4) is 0 Å². The molecule has 0 fully saturated rings. The van der Waals surface area contributed by atoms with Crippen molar-refractivity contribution in [3.05, 3.63) is 63.3 Å². The smallest absolute Gasteiger partial charge is 0.128 e. The highest BCUT2D eigenvalue weighted by atomic mass is 79.9. The molecular formula is C14H10BrFN2S. The molecule has 0 saturated carbocycles. The van der Waals surface area contributed by atoms with E-state index in [4.69, 9.17) is 5.73 Å². The van der Waals surface area contributed by atoms with Crippen molar-refractivity contribution in [1.82, 2.24) is 4.98 Å². The van der Waals surface area contributed by atoms with Gasteiger partial charge in [-0.3, -0.25) is 4.98 Å². The number of hydrogen-bond acceptors (Lipinski definition) is 3. The molecule has 5 heteroatoms. The van der Waals surface area contributed by atoms with Crippen LogP contribution in [-0.2, 0) is 0 Å². The van der Waals surface area contributed by atoms with E-state index in [9.17, 15) is 4.39 Å². The molecule has 0 amide bonds. The Labute approximate surface area is 122 Å². The molecule has 0 spiro atoms. The molecule has 1 atom stereocenters. The summed E-state index contributed by atoms with van der Waals surface area (Å²) >= 11 is 4.94. The lowest BCUT2D eigenvalue weighted by Gasteiger charge is -2.13. The molecule has 0 aliphatic rings. The molecule has 3 rings (SSSR count). The number of hydrogen-bond donors (Lipinski definition) is 1. The van der Waals surface area contributed by atoms with Crippen LogP contribution in [0.15, 0.2) is 46.4 Å². The third-order valence-corrected chi connectivity index (χ3v) is 4.32. The van der Waals surface area contributed by atoms with Gasteiger partial charge in [-0.2, -0.15) is 0 Å². The SMILES string of the molecule is NC(c1cnc2ccsc2c1)c1cc(Br)ccc1F. The van der Waals surface area contributed by atoms with Crippen molar-refractivity contribution in [2.45, 2.75) is 6.04 Å². The standard InChI is InChI=1S/C14H10BrFN2S/c15-9-1-2-11(16)10(6-9)14(17)8-5-13-12(18-7-8)3-4-19-13/h1-7,14H,17H2. The largest absolute Gasteiger partial charge is 0.320 e. The lowest BCUT2D eigenvalue weighted by molar-refractivity contribution is 0.599. The van der Waals surface area contributed by atoms with Crippen molar-refractivity contribution in [1.29, 1.82) is 0 Å². The van der Waals surface area contributed by atoms with E-state index in [0.29, 0.717) is 5.56 Å². The second-order valence-corrected chi connectivity index (χ2v) is 6.08. The van der Waals surface area contributed by atoms with Crippen molar-refractivity contribution < 1.29 is 4.39 Å². The van der Waals surface area contributed by atoms with E-state index in [0.717, 1.165) is 20.3 Å². The van der Waals surface area contributed by atoms with E-state index in [1.165, 1.54) is 6.07 Å². The maximum atomic E-state index is 13.8. The Kier molecular flexibility index (Phi) is 3.35. The van der Waals surface area contributed by atoms with Crippen molar-refractivity contribution >= 4 is 37.5 Å². The second kappa shape index (κ2) is 5.00. The van der Waals surface area contributed by atoms with Crippen molar-refractivity contribution in [3.63, 3.8) is 0 Å². The molecule has 2 aromatic heterocycles. The Morgan fingerprint density at radius 1 is 1.26 bits per heavy atom. The summed E-state index contributed by atoms with van der Waals surface area (Å²) in [6.07, 6.45) is 1.71. The highest BCUT2D eigenvalue weighted by Crippen LogP contribution is 2.28. The van der Waals surface area contributed by atoms with Gasteiger partial charge in [0, 0.05) is 16.2 Å². The lowest BCUT2D eigenvalue weighted by atomic mass is 10.0. The number of benzene rings is 1. The summed E-state index contributed by atoms with van der Waals surface area (Å²) in [7, 11) is 0. The summed E-state index contributed by atoms with van der Waals surface area (Å²) in [6, 6.07) is 8.19. The Morgan fingerprint density at radius 2 is 2.11 bits per heavy atom. The summed E-state index contributed by atoms with van der Waals surface area (Å²) in [6.45, 7) is 0. The molecule has 2 nitrogen and oxygen atoms in total. The first-order chi connectivity index (χ1) is 9.15. The summed E-state index contributed by atoms with van der Waals surface area (Å²) in [4.78, 5) is 4.34. The zero-order chi connectivity index (χ0) is 13.4. The number of halogens is 2. The second-order valence-electron chi connectivity index (χ2n) is 4.22. The zero-order valence-corrected chi connectivity index (χ0v) is 12.2. The van der Waals surface area contributed by atoms with Crippen LogP contribution in [0.2, 0.25) is 0 Å². The van der Waals surface area contributed by atoms with Crippen LogP contribution in [0.1, 0.15) is 17.2 Å². The summed E-state index contributed by atoms with van der Waals surface area (Å²) in [5.74, 6) is -0.304. The van der Waals surface area contributed by atoms with Crippen LogP contribution < -0.4 is 5.73 Å². The van der Waals surface area contributed by atoms with Crippen molar-refractivity contribution in [2.75, 3.05) is 0 Å². The Balaban J connectivity index is 2.07. The molecule has 2 N–H and O–H groups in total. The van der Waals surface area contributed by atoms with Crippen LogP contribution in [0.4, 0.5) is 4.39 Å². The van der Waals surface area contributed by atoms with E-state index in [-0.39, 0.29) is 5.82 Å². The minimum Gasteiger partial charge on any atom is -0.320 e. The van der Waals surface area contributed by atoms with E-state index in [2.05, 4.69) is 20.9 Å². The normalized spacial score (nSPS) is 12.8. The van der Waals surface area contributed by atoms with Gasteiger partial charge < -0.3 is 5.73 Å². The molecule has 19 heavy (non-hydrogen) atoms. The number of fused-ring (bicyclic) bond motifs is 1. The molecule has 0 radical (unpaired) electrons. The maximum Gasteiger partial charge on any atom is 0.128 e. The predicted octanol–water partition coefficient (Wildman–Crippen LogP) is 4.25. The topological polar surface area (TPSA) is 38.9 Å². The molecule has 0 bridgehead atoms. The third kappa shape index (κ3) is 2.41. The quantitative estimate of drug-likeness (QED) is 0.759. The van der Waals surface area contributed by atoms with Gasteiger partial charge in [-0.25, -0.2) is 4.39 Å². The van der Waals surface area contributed by atoms with Gasteiger partial charge in [-0.15, -0.1) is 11.3 Å². The summed E-state index contributed by atoms with van der Waals surface area (Å²) in [5, 5.41) is 1.98. The molecular weight excluding hydrogens is 327 g/mol. The molecule has 0 aliphatic carbocycles. The lowest BCUT2D eigenvalue weighted by Crippen LogP contribution is -2.13. The number of rotatable bonds is 2. The monoisotopic (exact) mass is 336 g/mol. The van der Waals surface area contributed by atoms with E-state index in [1.807, 2.05) is 17.5 Å². The first-order valence-electron chi connectivity index (χ1n) is 5.69. The number of pyridine rings is 1. The van der Waals surface area contributed by atoms with Gasteiger partial charge in [0.15, 0.2) is 0 Å². The minimum atomic E-state index is -0.517. The van der Waals surface area contributed by atoms with Crippen LogP contribution in [-0.4, -0.2) is 4.98 Å². The average molecular weight is 337 g/mol. The molecule has 2 heterocycles. The van der Waals surface area contributed by atoms with Gasteiger partial charge in [-0.1, -0.05) is 15.9 Å². The van der Waals surface area contributed by atoms with Crippen LogP contribution in [0.3, 0.4) is 0 Å². The van der Waals surface area contributed by atoms with Crippen molar-refractivity contribution in [2.24, 2.45) is 5.73 Å². The fraction of sp³-hybridized carbons (Fsp3) is 0.0714. The van der Waals surface area contributed by atoms with E-state index >= 15 is 0 Å². The first-order valence-corrected chi connectivity index (χ1v) is 7.36. The minimum absolute atomic E-state index is 0.304. The van der Waals surface area contributed by atoms with E-state index in [1.54, 1.807) is 29.7 Å². The van der Waals surface area contributed by atoms with E-state index < -0.39 is 6.04 Å². The number of aromatic nitrogens is 1. The van der Waals surface area contributed by atoms with Gasteiger partial charge in [0.05, 0.1) is 16.3 Å². The summed E-state index contributed by atoms with van der Waals surface area (Å²) < 4.78 is 15.7. The molecule has 0 saturated heterocycles. The Morgan fingerprint density at radius 3 is 2.95 bits per heavy atom. The molecule has 1 unspecified atom stereocenters. The maximum absolute atomic E-state index is 13.8. The van der Waals surface area contributed by atoms with Gasteiger partial charge in [-0.05, 0) is 41.3 Å². The Bertz CT molecular complexity index is 741. The van der Waals surface area contributed by atoms with Crippen LogP contribution in [0, 0.1) is 5.82 Å². The number of thiophene rings is 1. The van der Waals surface area contributed by atoms with Gasteiger partial charge >= 0.3 is 0 Å². The van der Waals surface area contributed by atoms with Crippen LogP contribution in [0.5, 0.6) is 0 Å². The van der Waals surface area contributed by atoms with Crippen LogP contribution >= 0.6 is 27.3 Å². The fourth-order valence-corrected chi connectivity index (χ4v) is 3.13. The Hall–Kier alpha value is -1.30. The number of nitrogens with two attached hydrogens (primary N) is 1. The number of nitrogens with zero attached hydrogens (tertiary/aromatic N) is 1. The first kappa shape index (κ1) is 12.7. The predicted molar refractivity (Wildman–Crippen MR) is 79.8 cm³/mol. The van der Waals surface area contributed by atoms with Crippen LogP contribution in [0.25, 0.3) is 10.2 Å². The highest BCUT2D eigenvalue weighted by Gasteiger charge is 2.15. The fourth-order valence-electron chi connectivity index (χ4n) is 1.96. The molecule has 96 valence electrons. The third-order valence-electron chi connectivity index (χ3n) is 2.98. The van der Waals surface area contributed by atoms with Gasteiger partial charge in [0.2, 0.25) is 0 Å². The summed E-state index contributed by atoms with van der Waals surface area (Å²) in [5.41, 5.74) is 8.37. The molecule has 3 aromatic rings. The highest BCUT2D eigenvalue weighted by molar-refractivity contribution is 9.10. The van der Waals surface area contributed by atoms with Gasteiger partial charge in [0.25, 0.3) is 0 Å². The molecule has 0 aliphatic heterocycles. The average Bonchev–Trinajstić information content (AvgIpc) is 2.88. The molecule has 1 aromatic carbocycles. The van der Waals surface area contributed by atoms with Gasteiger partial charge in [0.1, 0.15) is 5.82 Å².